The Kier molecular flexibility index (Phi) is 5.69. The van der Waals surface area contributed by atoms with Crippen LogP contribution >= 0.6 is 0 Å². The number of carbonyl (C=O) groups excluding carboxylic acids is 2. The quantitative estimate of drug-likeness (QED) is 0.858. The third-order valence-electron chi connectivity index (χ3n) is 3.42. The van der Waals surface area contributed by atoms with Crippen molar-refractivity contribution in [1.29, 1.82) is 5.26 Å². The third kappa shape index (κ3) is 4.68. The van der Waals surface area contributed by atoms with Crippen LogP contribution in [0.5, 0.6) is 0 Å². The second kappa shape index (κ2) is 7.93. The molecule has 0 bridgehead atoms. The van der Waals surface area contributed by atoms with Crippen molar-refractivity contribution in [3.8, 4) is 6.07 Å². The van der Waals surface area contributed by atoms with Crippen LogP contribution in [-0.2, 0) is 16.1 Å². The Bertz CT molecular complexity index is 793. The fourth-order valence-electron chi connectivity index (χ4n) is 2.14. The van der Waals surface area contributed by atoms with Crippen molar-refractivity contribution in [2.75, 3.05) is 0 Å². The van der Waals surface area contributed by atoms with Gasteiger partial charge in [-0.3, -0.25) is 4.79 Å². The van der Waals surface area contributed by atoms with Gasteiger partial charge in [0, 0.05) is 5.56 Å². The molecule has 1 N–H and O–H groups in total. The highest BCUT2D eigenvalue weighted by atomic mass is 16.5. The molecule has 2 rings (SSSR count). The highest BCUT2D eigenvalue weighted by molar-refractivity contribution is 5.96. The van der Waals surface area contributed by atoms with Crippen LogP contribution in [0.15, 0.2) is 48.5 Å². The van der Waals surface area contributed by atoms with Gasteiger partial charge >= 0.3 is 5.97 Å². The Balaban J connectivity index is 1.90. The van der Waals surface area contributed by atoms with Gasteiger partial charge in [0.2, 0.25) is 0 Å². The Morgan fingerprint density at radius 2 is 1.96 bits per heavy atom. The van der Waals surface area contributed by atoms with Gasteiger partial charge in [-0.15, -0.1) is 0 Å². The maximum Gasteiger partial charge on any atom is 0.328 e. The fourth-order valence-corrected chi connectivity index (χ4v) is 2.14. The molecule has 0 unspecified atom stereocenters. The van der Waals surface area contributed by atoms with Crippen LogP contribution < -0.4 is 5.32 Å². The number of hydrogen-bond donors (Lipinski definition) is 1. The van der Waals surface area contributed by atoms with Crippen LogP contribution in [0.2, 0.25) is 0 Å². The van der Waals surface area contributed by atoms with E-state index >= 15 is 0 Å². The van der Waals surface area contributed by atoms with E-state index in [1.165, 1.54) is 0 Å². The van der Waals surface area contributed by atoms with Gasteiger partial charge in [-0.05, 0) is 43.7 Å². The van der Waals surface area contributed by atoms with E-state index in [1.54, 1.807) is 49.4 Å². The van der Waals surface area contributed by atoms with E-state index in [1.807, 2.05) is 19.1 Å². The molecule has 0 saturated heterocycles. The molecule has 24 heavy (non-hydrogen) atoms. The van der Waals surface area contributed by atoms with Gasteiger partial charge in [0.15, 0.2) is 0 Å². The van der Waals surface area contributed by atoms with E-state index in [9.17, 15) is 9.59 Å². The largest absolute Gasteiger partial charge is 0.459 e. The van der Waals surface area contributed by atoms with Crippen molar-refractivity contribution in [2.45, 2.75) is 26.5 Å². The molecule has 0 saturated carbocycles. The van der Waals surface area contributed by atoms with Crippen molar-refractivity contribution in [3.63, 3.8) is 0 Å². The summed E-state index contributed by atoms with van der Waals surface area (Å²) in [5, 5.41) is 11.5. The Hall–Kier alpha value is -3.13. The lowest BCUT2D eigenvalue weighted by Gasteiger charge is -2.14. The van der Waals surface area contributed by atoms with E-state index in [4.69, 9.17) is 10.00 Å². The smallest absolute Gasteiger partial charge is 0.328 e. The zero-order valence-corrected chi connectivity index (χ0v) is 13.6. The summed E-state index contributed by atoms with van der Waals surface area (Å²) in [4.78, 5) is 24.1. The summed E-state index contributed by atoms with van der Waals surface area (Å²) in [7, 11) is 0. The molecule has 0 aliphatic heterocycles. The normalized spacial score (nSPS) is 11.2. The molecule has 0 aliphatic carbocycles. The molecule has 0 aromatic heterocycles. The maximum absolute atomic E-state index is 12.1. The molecule has 0 spiro atoms. The highest BCUT2D eigenvalue weighted by Gasteiger charge is 2.18. The number of nitrogens with zero attached hydrogens (tertiary/aromatic N) is 1. The van der Waals surface area contributed by atoms with Crippen LogP contribution in [0.4, 0.5) is 0 Å². The van der Waals surface area contributed by atoms with Crippen LogP contribution in [-0.4, -0.2) is 17.9 Å². The van der Waals surface area contributed by atoms with Crippen molar-refractivity contribution in [1.82, 2.24) is 5.32 Å². The van der Waals surface area contributed by atoms with Crippen LogP contribution in [0.25, 0.3) is 0 Å². The lowest BCUT2D eigenvalue weighted by atomic mass is 10.1. The van der Waals surface area contributed by atoms with E-state index in [-0.39, 0.29) is 12.5 Å². The van der Waals surface area contributed by atoms with Gasteiger partial charge in [0.1, 0.15) is 12.6 Å². The summed E-state index contributed by atoms with van der Waals surface area (Å²) in [5.41, 5.74) is 2.69. The summed E-state index contributed by atoms with van der Waals surface area (Å²) >= 11 is 0. The average Bonchev–Trinajstić information content (AvgIpc) is 2.59. The second-order valence-corrected chi connectivity index (χ2v) is 5.48. The maximum atomic E-state index is 12.1. The molecule has 122 valence electrons. The molecule has 2 aromatic carbocycles. The molecule has 2 aromatic rings. The molecular formula is C19H18N2O3. The molecule has 0 fully saturated rings. The fraction of sp³-hybridized carbons (Fsp3) is 0.211. The van der Waals surface area contributed by atoms with Gasteiger partial charge in [0.05, 0.1) is 11.6 Å². The van der Waals surface area contributed by atoms with Crippen molar-refractivity contribution in [3.05, 3.63) is 70.8 Å². The zero-order chi connectivity index (χ0) is 17.5. The number of amides is 1. The number of hydrogen-bond acceptors (Lipinski definition) is 4. The number of benzene rings is 2. The molecule has 0 heterocycles. The summed E-state index contributed by atoms with van der Waals surface area (Å²) in [6.07, 6.45) is 0. The molecule has 5 nitrogen and oxygen atoms in total. The Morgan fingerprint density at radius 1 is 1.21 bits per heavy atom. The average molecular weight is 322 g/mol. The van der Waals surface area contributed by atoms with Gasteiger partial charge in [-0.25, -0.2) is 4.79 Å². The van der Waals surface area contributed by atoms with E-state index in [2.05, 4.69) is 5.32 Å². The van der Waals surface area contributed by atoms with Crippen molar-refractivity contribution >= 4 is 11.9 Å². The van der Waals surface area contributed by atoms with Crippen LogP contribution in [0.1, 0.15) is 34.0 Å². The van der Waals surface area contributed by atoms with Gasteiger partial charge in [-0.1, -0.05) is 29.8 Å². The predicted molar refractivity (Wildman–Crippen MR) is 89.1 cm³/mol. The van der Waals surface area contributed by atoms with E-state index in [0.717, 1.165) is 11.1 Å². The number of nitrogens with one attached hydrogen (secondary N) is 1. The molecule has 5 heteroatoms. The van der Waals surface area contributed by atoms with E-state index < -0.39 is 12.0 Å². The predicted octanol–water partition coefficient (Wildman–Crippen LogP) is 2.73. The molecular weight excluding hydrogens is 304 g/mol. The van der Waals surface area contributed by atoms with Crippen molar-refractivity contribution in [2.24, 2.45) is 0 Å². The first kappa shape index (κ1) is 17.2. The summed E-state index contributed by atoms with van der Waals surface area (Å²) in [6, 6.07) is 15.2. The second-order valence-electron chi connectivity index (χ2n) is 5.48. The monoisotopic (exact) mass is 322 g/mol. The standard InChI is InChI=1S/C19H18N2O3/c1-13-5-3-8-17(9-13)18(22)21-14(2)19(23)24-12-16-7-4-6-15(10-16)11-20/h3-10,14H,12H2,1-2H3,(H,21,22)/t14-/m0/s1. The van der Waals surface area contributed by atoms with Gasteiger partial charge in [0.25, 0.3) is 5.91 Å². The molecule has 1 atom stereocenters. The number of aryl methyl sites for hydroxylation is 1. The topological polar surface area (TPSA) is 79.2 Å². The SMILES string of the molecule is Cc1cccc(C(=O)N[C@@H](C)C(=O)OCc2cccc(C#N)c2)c1. The van der Waals surface area contributed by atoms with Gasteiger partial charge < -0.3 is 10.1 Å². The molecule has 1 amide bonds. The first-order chi connectivity index (χ1) is 11.5. The minimum absolute atomic E-state index is 0.0546. The van der Waals surface area contributed by atoms with E-state index in [0.29, 0.717) is 11.1 Å². The highest BCUT2D eigenvalue weighted by Crippen LogP contribution is 2.07. The first-order valence-corrected chi connectivity index (χ1v) is 7.53. The third-order valence-corrected chi connectivity index (χ3v) is 3.42. The summed E-state index contributed by atoms with van der Waals surface area (Å²) in [5.74, 6) is -0.854. The zero-order valence-electron chi connectivity index (χ0n) is 13.6. The number of rotatable bonds is 5. The van der Waals surface area contributed by atoms with Crippen molar-refractivity contribution < 1.29 is 14.3 Å². The Labute approximate surface area is 140 Å². The summed E-state index contributed by atoms with van der Waals surface area (Å²) < 4.78 is 5.19. The number of nitriles is 1. The minimum Gasteiger partial charge on any atom is -0.459 e. The number of ether oxygens (including phenoxy) is 1. The Morgan fingerprint density at radius 3 is 2.67 bits per heavy atom. The number of carbonyl (C=O) groups is 2. The minimum atomic E-state index is -0.767. The molecule has 0 aliphatic rings. The van der Waals surface area contributed by atoms with Crippen LogP contribution in [0, 0.1) is 18.3 Å². The summed E-state index contributed by atoms with van der Waals surface area (Å²) in [6.45, 7) is 3.52. The lowest BCUT2D eigenvalue weighted by Crippen LogP contribution is -2.39. The van der Waals surface area contributed by atoms with Crippen LogP contribution in [0.3, 0.4) is 0 Å². The first-order valence-electron chi connectivity index (χ1n) is 7.53. The van der Waals surface area contributed by atoms with Gasteiger partial charge in [-0.2, -0.15) is 5.26 Å². The lowest BCUT2D eigenvalue weighted by molar-refractivity contribution is -0.146. The molecule has 0 radical (unpaired) electrons. The number of esters is 1.